The Kier molecular flexibility index (Phi) is 6.10. The fourth-order valence-corrected chi connectivity index (χ4v) is 4.22. The Morgan fingerprint density at radius 2 is 1.52 bits per heavy atom. The lowest BCUT2D eigenvalue weighted by atomic mass is 9.41. The minimum absolute atomic E-state index is 0.185. The van der Waals surface area contributed by atoms with Gasteiger partial charge in [-0.05, 0) is 32.1 Å². The smallest absolute Gasteiger partial charge is 0.178 e. The molecule has 0 spiro atoms. The van der Waals surface area contributed by atoms with E-state index in [1.165, 1.54) is 6.32 Å². The van der Waals surface area contributed by atoms with E-state index < -0.39 is 6.29 Å². The summed E-state index contributed by atoms with van der Waals surface area (Å²) >= 11 is 0. The van der Waals surface area contributed by atoms with Gasteiger partial charge in [0.05, 0.1) is 12.2 Å². The summed E-state index contributed by atoms with van der Waals surface area (Å²) in [5.41, 5.74) is -0.170. The highest BCUT2D eigenvalue weighted by molar-refractivity contribution is 6.76. The predicted molar refractivity (Wildman–Crippen MR) is 99.3 cm³/mol. The van der Waals surface area contributed by atoms with Crippen molar-refractivity contribution in [1.82, 2.24) is 0 Å². The molecule has 1 N–H and O–H groups in total. The van der Waals surface area contributed by atoms with E-state index >= 15 is 0 Å². The molecular weight excluding hydrogens is 287 g/mol. The second kappa shape index (κ2) is 6.69. The summed E-state index contributed by atoms with van der Waals surface area (Å²) in [5, 5.41) is 10.6. The highest BCUT2D eigenvalue weighted by Crippen LogP contribution is 2.69. The molecule has 0 aromatic carbocycles. The van der Waals surface area contributed by atoms with Crippen molar-refractivity contribution in [1.29, 1.82) is 0 Å². The lowest BCUT2D eigenvalue weighted by Gasteiger charge is -2.38. The maximum absolute atomic E-state index is 9.95. The zero-order valence-electron chi connectivity index (χ0n) is 17.1. The quantitative estimate of drug-likeness (QED) is 0.559. The van der Waals surface area contributed by atoms with Gasteiger partial charge in [-0.15, -0.1) is 0 Å². The van der Waals surface area contributed by atoms with Crippen molar-refractivity contribution in [2.75, 3.05) is 13.2 Å². The SMILES string of the molecule is CC(C)(C)OC(O)COCC(C(C)(C)C)C1(C)CB1C(C)(C)C. The van der Waals surface area contributed by atoms with Gasteiger partial charge in [0.2, 0.25) is 0 Å². The van der Waals surface area contributed by atoms with Crippen LogP contribution < -0.4 is 0 Å². The first-order valence-corrected chi connectivity index (χ1v) is 9.01. The molecule has 3 atom stereocenters. The van der Waals surface area contributed by atoms with Gasteiger partial charge < -0.3 is 14.6 Å². The van der Waals surface area contributed by atoms with Crippen LogP contribution in [0.4, 0.5) is 0 Å². The van der Waals surface area contributed by atoms with Crippen LogP contribution in [0.2, 0.25) is 16.9 Å². The van der Waals surface area contributed by atoms with E-state index in [1.807, 2.05) is 20.8 Å². The fourth-order valence-electron chi connectivity index (χ4n) is 4.22. The van der Waals surface area contributed by atoms with Gasteiger partial charge in [0.1, 0.15) is 0 Å². The molecule has 0 aromatic heterocycles. The Morgan fingerprint density at radius 1 is 1.00 bits per heavy atom. The first kappa shape index (κ1) is 21.0. The van der Waals surface area contributed by atoms with Crippen LogP contribution in [0.25, 0.3) is 0 Å². The van der Waals surface area contributed by atoms with Crippen LogP contribution in [-0.2, 0) is 9.47 Å². The summed E-state index contributed by atoms with van der Waals surface area (Å²) < 4.78 is 11.4. The van der Waals surface area contributed by atoms with Gasteiger partial charge in [0, 0.05) is 6.61 Å². The molecule has 1 aliphatic heterocycles. The van der Waals surface area contributed by atoms with Gasteiger partial charge >= 0.3 is 0 Å². The van der Waals surface area contributed by atoms with E-state index in [9.17, 15) is 5.11 Å². The summed E-state index contributed by atoms with van der Waals surface area (Å²) in [5.74, 6) is 0.473. The number of hydrogen-bond donors (Lipinski definition) is 1. The van der Waals surface area contributed by atoms with Gasteiger partial charge in [-0.1, -0.05) is 65.4 Å². The average Bonchev–Trinajstić information content (AvgIpc) is 2.93. The van der Waals surface area contributed by atoms with Crippen molar-refractivity contribution in [3.8, 4) is 0 Å². The van der Waals surface area contributed by atoms with Gasteiger partial charge in [0.15, 0.2) is 13.0 Å². The third kappa shape index (κ3) is 6.06. The zero-order chi connectivity index (χ0) is 18.3. The van der Waals surface area contributed by atoms with Crippen molar-refractivity contribution in [2.45, 2.75) is 98.1 Å². The molecule has 0 amide bonds. The molecule has 1 heterocycles. The standard InChI is InChI=1S/C19H39BO3/c1-16(2,3)14(19(10)13-20(19)17(4,5)6)11-22-12-15(21)23-18(7,8)9/h14-15,21H,11-13H2,1-10H3. The maximum Gasteiger partial charge on any atom is 0.178 e. The number of aliphatic hydroxyl groups excluding tert-OH is 1. The van der Waals surface area contributed by atoms with Gasteiger partial charge in [-0.3, -0.25) is 0 Å². The van der Waals surface area contributed by atoms with E-state index in [2.05, 4.69) is 48.5 Å². The van der Waals surface area contributed by atoms with Gasteiger partial charge in [-0.25, -0.2) is 0 Å². The van der Waals surface area contributed by atoms with E-state index in [4.69, 9.17) is 9.47 Å². The highest BCUT2D eigenvalue weighted by atomic mass is 16.6. The molecule has 136 valence electrons. The molecule has 0 bridgehead atoms. The van der Waals surface area contributed by atoms with E-state index in [1.54, 1.807) is 0 Å². The largest absolute Gasteiger partial charge is 0.376 e. The molecule has 1 rings (SSSR count). The van der Waals surface area contributed by atoms with Crippen LogP contribution in [-0.4, -0.2) is 36.9 Å². The monoisotopic (exact) mass is 326 g/mol. The van der Waals surface area contributed by atoms with Crippen molar-refractivity contribution in [2.24, 2.45) is 11.3 Å². The van der Waals surface area contributed by atoms with Crippen molar-refractivity contribution in [3.63, 3.8) is 0 Å². The lowest BCUT2D eigenvalue weighted by Crippen LogP contribution is -2.35. The first-order chi connectivity index (χ1) is 10.1. The summed E-state index contributed by atoms with van der Waals surface area (Å²) in [6.07, 6.45) is 0.407. The average molecular weight is 326 g/mol. The fraction of sp³-hybridized carbons (Fsp3) is 1.00. The molecule has 23 heavy (non-hydrogen) atoms. The molecular formula is C19H39BO3. The normalized spacial score (nSPS) is 25.4. The Bertz CT molecular complexity index is 389. The van der Waals surface area contributed by atoms with Crippen LogP contribution in [0.15, 0.2) is 0 Å². The van der Waals surface area contributed by atoms with Crippen molar-refractivity contribution < 1.29 is 14.6 Å². The zero-order valence-corrected chi connectivity index (χ0v) is 17.1. The third-order valence-electron chi connectivity index (χ3n) is 5.20. The lowest BCUT2D eigenvalue weighted by molar-refractivity contribution is -0.193. The van der Waals surface area contributed by atoms with Crippen LogP contribution in [0.5, 0.6) is 0 Å². The molecule has 0 saturated carbocycles. The van der Waals surface area contributed by atoms with Gasteiger partial charge in [-0.2, -0.15) is 0 Å². The molecule has 1 fully saturated rings. The summed E-state index contributed by atoms with van der Waals surface area (Å²) in [6, 6.07) is 0. The number of ether oxygens (including phenoxy) is 2. The topological polar surface area (TPSA) is 38.7 Å². The molecule has 1 aliphatic rings. The number of rotatable bonds is 6. The molecule has 3 nitrogen and oxygen atoms in total. The molecule has 1 saturated heterocycles. The first-order valence-electron chi connectivity index (χ1n) is 9.01. The van der Waals surface area contributed by atoms with Crippen molar-refractivity contribution in [3.05, 3.63) is 0 Å². The van der Waals surface area contributed by atoms with Gasteiger partial charge in [0.25, 0.3) is 0 Å². The minimum atomic E-state index is -0.860. The Hall–Kier alpha value is -0.0551. The minimum Gasteiger partial charge on any atom is -0.376 e. The van der Waals surface area contributed by atoms with Crippen molar-refractivity contribution >= 4 is 6.71 Å². The molecule has 4 heteroatoms. The number of aliphatic hydroxyl groups is 1. The van der Waals surface area contributed by atoms with Crippen LogP contribution in [0, 0.1) is 11.3 Å². The molecule has 0 radical (unpaired) electrons. The van der Waals surface area contributed by atoms with E-state index in [0.29, 0.717) is 23.2 Å². The summed E-state index contributed by atoms with van der Waals surface area (Å²) in [7, 11) is 0. The third-order valence-corrected chi connectivity index (χ3v) is 5.20. The Balaban J connectivity index is 2.62. The van der Waals surface area contributed by atoms with Crippen LogP contribution in [0.1, 0.15) is 69.2 Å². The molecule has 0 aromatic rings. The second-order valence-corrected chi connectivity index (χ2v) is 10.8. The second-order valence-electron chi connectivity index (χ2n) is 10.8. The highest BCUT2D eigenvalue weighted by Gasteiger charge is 2.63. The molecule has 0 aliphatic carbocycles. The maximum atomic E-state index is 9.95. The predicted octanol–water partition coefficient (Wildman–Crippen LogP) is 4.87. The summed E-state index contributed by atoms with van der Waals surface area (Å²) in [6.45, 7) is 23.8. The molecule has 3 unspecified atom stereocenters. The van der Waals surface area contributed by atoms with E-state index in [0.717, 1.165) is 6.71 Å². The van der Waals surface area contributed by atoms with Crippen LogP contribution >= 0.6 is 0 Å². The van der Waals surface area contributed by atoms with E-state index in [-0.39, 0.29) is 17.6 Å². The Labute approximate surface area is 144 Å². The Morgan fingerprint density at radius 3 is 1.87 bits per heavy atom. The number of hydrogen-bond acceptors (Lipinski definition) is 3. The summed E-state index contributed by atoms with van der Waals surface area (Å²) in [4.78, 5) is 0. The van der Waals surface area contributed by atoms with Crippen LogP contribution in [0.3, 0.4) is 0 Å².